The fourth-order valence-electron chi connectivity index (χ4n) is 0.779. The van der Waals surface area contributed by atoms with Gasteiger partial charge in [0.25, 0.3) is 0 Å². The third-order valence-electron chi connectivity index (χ3n) is 1.45. The normalized spacial score (nSPS) is 10.0. The molecule has 0 N–H and O–H groups in total. The van der Waals surface area contributed by atoms with Crippen molar-refractivity contribution in [2.45, 2.75) is 0 Å². The quantitative estimate of drug-likeness (QED) is 0.559. The first-order chi connectivity index (χ1) is 5.56. The number of rotatable bonds is 1. The molecule has 1 nitrogen and oxygen atoms in total. The van der Waals surface area contributed by atoms with Crippen LogP contribution in [-0.4, -0.2) is 6.70 Å². The maximum atomic E-state index is 12.6. The SMILES string of the molecule is N#C[B-](F)(F)c1ccc(F)cc1.[Rb+]. The van der Waals surface area contributed by atoms with Crippen LogP contribution in [0.1, 0.15) is 0 Å². The topological polar surface area (TPSA) is 23.8 Å². The van der Waals surface area contributed by atoms with Gasteiger partial charge in [-0.2, -0.15) is 0 Å². The maximum absolute atomic E-state index is 12.6. The summed E-state index contributed by atoms with van der Waals surface area (Å²) in [5, 5.41) is 8.05. The molecule has 62 valence electrons. The third-order valence-corrected chi connectivity index (χ3v) is 1.45. The molecular formula is C7H4BF3NRb. The van der Waals surface area contributed by atoms with Crippen LogP contribution in [0.3, 0.4) is 0 Å². The van der Waals surface area contributed by atoms with Crippen molar-refractivity contribution in [1.29, 1.82) is 5.26 Å². The second-order valence-electron chi connectivity index (χ2n) is 2.34. The van der Waals surface area contributed by atoms with Gasteiger partial charge in [0.05, 0.1) is 0 Å². The van der Waals surface area contributed by atoms with Gasteiger partial charge >= 0.3 is 64.9 Å². The van der Waals surface area contributed by atoms with E-state index in [-0.39, 0.29) is 58.2 Å². The molecule has 0 aliphatic rings. The van der Waals surface area contributed by atoms with Gasteiger partial charge in [-0.25, -0.2) is 9.65 Å². The molecule has 0 aliphatic carbocycles. The predicted octanol–water partition coefficient (Wildman–Crippen LogP) is -1.52. The molecule has 0 bridgehead atoms. The van der Waals surface area contributed by atoms with Gasteiger partial charge in [-0.15, -0.1) is 5.46 Å². The first kappa shape index (κ1) is 13.4. The molecule has 0 saturated carbocycles. The van der Waals surface area contributed by atoms with Gasteiger partial charge in [0.15, 0.2) is 0 Å². The zero-order valence-electron chi connectivity index (χ0n) is 6.97. The van der Waals surface area contributed by atoms with Crippen molar-refractivity contribution in [3.8, 4) is 5.97 Å². The van der Waals surface area contributed by atoms with Crippen LogP contribution in [0.4, 0.5) is 13.0 Å². The Morgan fingerprint density at radius 3 is 2.00 bits per heavy atom. The van der Waals surface area contributed by atoms with Gasteiger partial charge in [-0.3, -0.25) is 0 Å². The van der Waals surface area contributed by atoms with Gasteiger partial charge < -0.3 is 8.63 Å². The Hall–Kier alpha value is 0.370. The summed E-state index contributed by atoms with van der Waals surface area (Å²) in [5.74, 6) is 0.290. The molecule has 0 unspecified atom stereocenters. The first-order valence-corrected chi connectivity index (χ1v) is 3.25. The molecule has 0 spiro atoms. The van der Waals surface area contributed by atoms with Crippen LogP contribution in [-0.2, 0) is 0 Å². The van der Waals surface area contributed by atoms with Crippen LogP contribution in [0, 0.1) is 17.0 Å². The summed E-state index contributed by atoms with van der Waals surface area (Å²) in [6, 6.07) is 3.64. The van der Waals surface area contributed by atoms with Crippen LogP contribution < -0.4 is 63.7 Å². The molecule has 0 aliphatic heterocycles. The summed E-state index contributed by atoms with van der Waals surface area (Å²) in [6.07, 6.45) is 0. The molecule has 0 atom stereocenters. The smallest absolute Gasteiger partial charge is 0.461 e. The predicted molar refractivity (Wildman–Crippen MR) is 39.6 cm³/mol. The molecular weight excluding hydrogens is 251 g/mol. The molecule has 1 aromatic carbocycles. The van der Waals surface area contributed by atoms with Crippen molar-refractivity contribution in [2.75, 3.05) is 0 Å². The van der Waals surface area contributed by atoms with Crippen LogP contribution in [0.2, 0.25) is 0 Å². The molecule has 0 fully saturated rings. The Labute approximate surface area is 123 Å². The minimum atomic E-state index is -4.17. The van der Waals surface area contributed by atoms with E-state index in [1.54, 1.807) is 0 Å². The number of nitriles is 1. The Balaban J connectivity index is 0.00000144. The summed E-state index contributed by atoms with van der Waals surface area (Å²) >= 11 is 0. The van der Waals surface area contributed by atoms with E-state index in [2.05, 4.69) is 0 Å². The average Bonchev–Trinajstić information content (AvgIpc) is 2.05. The second kappa shape index (κ2) is 5.30. The molecule has 0 radical (unpaired) electrons. The van der Waals surface area contributed by atoms with Gasteiger partial charge in [0.2, 0.25) is 0 Å². The molecule has 13 heavy (non-hydrogen) atoms. The fraction of sp³-hybridized carbons (Fsp3) is 0. The van der Waals surface area contributed by atoms with Crippen molar-refractivity contribution in [3.63, 3.8) is 0 Å². The van der Waals surface area contributed by atoms with Gasteiger partial charge in [0.1, 0.15) is 5.82 Å². The third kappa shape index (κ3) is 3.55. The Morgan fingerprint density at radius 1 is 1.15 bits per heavy atom. The molecule has 0 amide bonds. The van der Waals surface area contributed by atoms with E-state index in [0.29, 0.717) is 0 Å². The van der Waals surface area contributed by atoms with Crippen LogP contribution >= 0.6 is 0 Å². The summed E-state index contributed by atoms with van der Waals surface area (Å²) < 4.78 is 37.4. The van der Waals surface area contributed by atoms with Crippen molar-refractivity contribution in [3.05, 3.63) is 30.1 Å². The number of hydrogen-bond donors (Lipinski definition) is 0. The largest absolute Gasteiger partial charge is 1.00 e. The van der Waals surface area contributed by atoms with E-state index >= 15 is 0 Å². The molecule has 0 aromatic heterocycles. The molecule has 6 heteroatoms. The summed E-state index contributed by atoms with van der Waals surface area (Å²) in [5.41, 5.74) is -0.432. The first-order valence-electron chi connectivity index (χ1n) is 3.25. The number of nitrogens with zero attached hydrogens (tertiary/aromatic N) is 1. The summed E-state index contributed by atoms with van der Waals surface area (Å²) in [7, 11) is 0. The minimum Gasteiger partial charge on any atom is -0.461 e. The fourth-order valence-corrected chi connectivity index (χ4v) is 0.779. The summed E-state index contributed by atoms with van der Waals surface area (Å²) in [6.45, 7) is -4.17. The Morgan fingerprint density at radius 2 is 1.62 bits per heavy atom. The van der Waals surface area contributed by atoms with E-state index in [0.717, 1.165) is 30.2 Å². The van der Waals surface area contributed by atoms with Crippen LogP contribution in [0.15, 0.2) is 24.3 Å². The van der Waals surface area contributed by atoms with E-state index in [4.69, 9.17) is 5.26 Å². The summed E-state index contributed by atoms with van der Waals surface area (Å²) in [4.78, 5) is 0. The number of benzene rings is 1. The van der Waals surface area contributed by atoms with Gasteiger partial charge in [-0.05, 0) is 12.1 Å². The molecule has 0 heterocycles. The van der Waals surface area contributed by atoms with E-state index in [1.807, 2.05) is 0 Å². The van der Waals surface area contributed by atoms with Crippen LogP contribution in [0.5, 0.6) is 0 Å². The van der Waals surface area contributed by atoms with E-state index in [1.165, 1.54) is 0 Å². The van der Waals surface area contributed by atoms with Gasteiger partial charge in [-0.1, -0.05) is 18.1 Å². The van der Waals surface area contributed by atoms with E-state index in [9.17, 15) is 13.0 Å². The standard InChI is InChI=1S/C7H4BF3N.Rb/c9-7-3-1-6(2-4-7)8(10,11)5-12;/h1-4H;/q-1;+1. The number of hydrogen-bond acceptors (Lipinski definition) is 1. The van der Waals surface area contributed by atoms with Crippen molar-refractivity contribution in [2.24, 2.45) is 0 Å². The van der Waals surface area contributed by atoms with Crippen molar-refractivity contribution in [1.82, 2.24) is 0 Å². The maximum Gasteiger partial charge on any atom is 1.00 e. The van der Waals surface area contributed by atoms with Crippen molar-refractivity contribution >= 4 is 12.2 Å². The molecule has 1 aromatic rings. The molecule has 0 saturated heterocycles. The van der Waals surface area contributed by atoms with Gasteiger partial charge in [0, 0.05) is 0 Å². The Bertz CT molecular complexity index is 320. The Kier molecular flexibility index (Phi) is 5.45. The zero-order chi connectivity index (χ0) is 9.19. The second-order valence-corrected chi connectivity index (χ2v) is 2.34. The number of halogens is 3. The monoisotopic (exact) mass is 255 g/mol. The molecule has 1 rings (SSSR count). The average molecular weight is 255 g/mol. The zero-order valence-corrected chi connectivity index (χ0v) is 11.9. The van der Waals surface area contributed by atoms with Crippen molar-refractivity contribution < 1.29 is 71.2 Å². The van der Waals surface area contributed by atoms with Crippen LogP contribution in [0.25, 0.3) is 0 Å². The minimum absolute atomic E-state index is 0. The van der Waals surface area contributed by atoms with E-state index < -0.39 is 18.0 Å².